The average Bonchev–Trinajstić information content (AvgIpc) is 2.41. The van der Waals surface area contributed by atoms with Gasteiger partial charge in [0.15, 0.2) is 0 Å². The van der Waals surface area contributed by atoms with Crippen molar-refractivity contribution in [3.63, 3.8) is 0 Å². The number of aromatic nitrogens is 1. The monoisotopic (exact) mass is 288 g/mol. The zero-order valence-corrected chi connectivity index (χ0v) is 10.5. The van der Waals surface area contributed by atoms with Crippen LogP contribution in [0, 0.1) is 0 Å². The molecule has 0 amide bonds. The van der Waals surface area contributed by atoms with Gasteiger partial charge < -0.3 is 9.88 Å². The summed E-state index contributed by atoms with van der Waals surface area (Å²) in [7, 11) is 1.54. The molecule has 0 aliphatic heterocycles. The van der Waals surface area contributed by atoms with E-state index in [9.17, 15) is 22.4 Å². The van der Waals surface area contributed by atoms with Crippen molar-refractivity contribution in [1.82, 2.24) is 4.57 Å². The third kappa shape index (κ3) is 2.61. The molecular weight excluding hydrogens is 276 g/mol. The van der Waals surface area contributed by atoms with E-state index in [0.29, 0.717) is 10.9 Å². The summed E-state index contributed by atoms with van der Waals surface area (Å²) in [5.74, 6) is -4.15. The van der Waals surface area contributed by atoms with Crippen LogP contribution in [0.3, 0.4) is 0 Å². The van der Waals surface area contributed by atoms with Gasteiger partial charge in [0.1, 0.15) is 0 Å². The van der Waals surface area contributed by atoms with Crippen LogP contribution in [-0.4, -0.2) is 23.5 Å². The van der Waals surface area contributed by atoms with Crippen molar-refractivity contribution in [2.45, 2.75) is 12.3 Å². The van der Waals surface area contributed by atoms with E-state index in [1.165, 1.54) is 4.57 Å². The van der Waals surface area contributed by atoms with Gasteiger partial charge >= 0.3 is 12.3 Å². The number of hydrogen-bond donors (Lipinski definition) is 1. The molecule has 20 heavy (non-hydrogen) atoms. The van der Waals surface area contributed by atoms with Gasteiger partial charge in [0.05, 0.1) is 12.1 Å². The Kier molecular flexibility index (Phi) is 3.69. The SMILES string of the molecule is Cn1c(=O)cc(NCC(F)(F)C(F)F)c2ccccc21. The third-order valence-electron chi connectivity index (χ3n) is 2.99. The zero-order chi connectivity index (χ0) is 14.9. The molecule has 0 fully saturated rings. The second kappa shape index (κ2) is 5.15. The van der Waals surface area contributed by atoms with Gasteiger partial charge in [-0.05, 0) is 6.07 Å². The lowest BCUT2D eigenvalue weighted by Crippen LogP contribution is -2.35. The first-order valence-electron chi connectivity index (χ1n) is 5.81. The van der Waals surface area contributed by atoms with Gasteiger partial charge in [-0.15, -0.1) is 0 Å². The van der Waals surface area contributed by atoms with Crippen LogP contribution in [0.5, 0.6) is 0 Å². The first kappa shape index (κ1) is 14.4. The minimum atomic E-state index is -4.15. The highest BCUT2D eigenvalue weighted by Crippen LogP contribution is 2.26. The van der Waals surface area contributed by atoms with E-state index < -0.39 is 24.5 Å². The molecule has 2 aromatic rings. The van der Waals surface area contributed by atoms with E-state index in [1.54, 1.807) is 31.3 Å². The molecule has 0 aliphatic rings. The lowest BCUT2D eigenvalue weighted by molar-refractivity contribution is -0.117. The fourth-order valence-electron chi connectivity index (χ4n) is 1.85. The summed E-state index contributed by atoms with van der Waals surface area (Å²) in [4.78, 5) is 11.7. The second-order valence-electron chi connectivity index (χ2n) is 4.39. The van der Waals surface area contributed by atoms with Crippen LogP contribution < -0.4 is 10.9 Å². The fraction of sp³-hybridized carbons (Fsp3) is 0.308. The van der Waals surface area contributed by atoms with E-state index in [2.05, 4.69) is 5.32 Å². The molecule has 0 saturated carbocycles. The lowest BCUT2D eigenvalue weighted by atomic mass is 10.1. The maximum Gasteiger partial charge on any atom is 0.324 e. The Bertz CT molecular complexity index is 682. The molecule has 108 valence electrons. The molecule has 1 aromatic carbocycles. The van der Waals surface area contributed by atoms with Crippen LogP contribution in [0.1, 0.15) is 0 Å². The van der Waals surface area contributed by atoms with E-state index >= 15 is 0 Å². The number of halogens is 4. The Morgan fingerprint density at radius 3 is 2.60 bits per heavy atom. The third-order valence-corrected chi connectivity index (χ3v) is 2.99. The van der Waals surface area contributed by atoms with E-state index in [1.807, 2.05) is 0 Å². The number of rotatable bonds is 4. The summed E-state index contributed by atoms with van der Waals surface area (Å²) in [5, 5.41) is 2.75. The van der Waals surface area contributed by atoms with Crippen molar-refractivity contribution < 1.29 is 17.6 Å². The van der Waals surface area contributed by atoms with Gasteiger partial charge in [-0.2, -0.15) is 8.78 Å². The Morgan fingerprint density at radius 2 is 1.95 bits per heavy atom. The van der Waals surface area contributed by atoms with Gasteiger partial charge in [-0.1, -0.05) is 18.2 Å². The number of para-hydroxylation sites is 1. The highest BCUT2D eigenvalue weighted by molar-refractivity contribution is 5.91. The molecule has 0 aliphatic carbocycles. The molecule has 0 spiro atoms. The molecule has 7 heteroatoms. The van der Waals surface area contributed by atoms with Crippen molar-refractivity contribution >= 4 is 16.6 Å². The van der Waals surface area contributed by atoms with Crippen LogP contribution in [0.2, 0.25) is 0 Å². The van der Waals surface area contributed by atoms with Gasteiger partial charge in [0, 0.05) is 24.2 Å². The quantitative estimate of drug-likeness (QED) is 0.878. The van der Waals surface area contributed by atoms with E-state index in [-0.39, 0.29) is 5.69 Å². The van der Waals surface area contributed by atoms with Gasteiger partial charge in [0.25, 0.3) is 5.56 Å². The molecule has 0 radical (unpaired) electrons. The zero-order valence-electron chi connectivity index (χ0n) is 10.5. The number of benzene rings is 1. The first-order valence-corrected chi connectivity index (χ1v) is 5.81. The fourth-order valence-corrected chi connectivity index (χ4v) is 1.85. The minimum absolute atomic E-state index is 0.115. The Labute approximate surface area is 111 Å². The van der Waals surface area contributed by atoms with E-state index in [0.717, 1.165) is 6.07 Å². The molecule has 2 rings (SSSR count). The molecule has 0 bridgehead atoms. The van der Waals surface area contributed by atoms with Crippen LogP contribution in [-0.2, 0) is 7.05 Å². The average molecular weight is 288 g/mol. The highest BCUT2D eigenvalue weighted by Gasteiger charge is 2.40. The number of alkyl halides is 4. The molecule has 1 N–H and O–H groups in total. The smallest absolute Gasteiger partial charge is 0.324 e. The number of anilines is 1. The summed E-state index contributed by atoms with van der Waals surface area (Å²) in [5.41, 5.74) is 0.235. The van der Waals surface area contributed by atoms with Crippen LogP contribution in [0.4, 0.5) is 23.2 Å². The predicted molar refractivity (Wildman–Crippen MR) is 68.6 cm³/mol. The Hall–Kier alpha value is -2.05. The van der Waals surface area contributed by atoms with Crippen molar-refractivity contribution in [3.8, 4) is 0 Å². The van der Waals surface area contributed by atoms with Gasteiger partial charge in [0.2, 0.25) is 0 Å². The van der Waals surface area contributed by atoms with Gasteiger partial charge in [-0.3, -0.25) is 4.79 Å². The Morgan fingerprint density at radius 1 is 1.30 bits per heavy atom. The number of aryl methyl sites for hydroxylation is 1. The summed E-state index contributed by atoms with van der Waals surface area (Å²) in [6.07, 6.45) is -3.76. The van der Waals surface area contributed by atoms with Crippen LogP contribution in [0.25, 0.3) is 10.9 Å². The number of pyridine rings is 1. The molecule has 0 saturated heterocycles. The lowest BCUT2D eigenvalue weighted by Gasteiger charge is -2.18. The standard InChI is InChI=1S/C13H12F4N2O/c1-19-10-5-3-2-4-8(10)9(6-11(19)20)18-7-13(16,17)12(14)15/h2-6,12,18H,7H2,1H3. The molecule has 1 aromatic heterocycles. The van der Waals surface area contributed by atoms with E-state index in [4.69, 9.17) is 0 Å². The molecular formula is C13H12F4N2O. The molecule has 0 atom stereocenters. The second-order valence-corrected chi connectivity index (χ2v) is 4.39. The number of hydrogen-bond acceptors (Lipinski definition) is 2. The van der Waals surface area contributed by atoms with Crippen molar-refractivity contribution in [3.05, 3.63) is 40.7 Å². The van der Waals surface area contributed by atoms with Crippen molar-refractivity contribution in [1.29, 1.82) is 0 Å². The first-order chi connectivity index (χ1) is 9.33. The largest absolute Gasteiger partial charge is 0.378 e. The predicted octanol–water partition coefficient (Wildman–Crippen LogP) is 2.85. The molecule has 3 nitrogen and oxygen atoms in total. The van der Waals surface area contributed by atoms with Crippen LogP contribution >= 0.6 is 0 Å². The van der Waals surface area contributed by atoms with Crippen molar-refractivity contribution in [2.24, 2.45) is 7.05 Å². The van der Waals surface area contributed by atoms with Gasteiger partial charge in [-0.25, -0.2) is 8.78 Å². The Balaban J connectivity index is 2.41. The minimum Gasteiger partial charge on any atom is -0.378 e. The van der Waals surface area contributed by atoms with Crippen LogP contribution in [0.15, 0.2) is 35.1 Å². The maximum absolute atomic E-state index is 12.9. The summed E-state index contributed by atoms with van der Waals surface area (Å²) in [6.45, 7) is -1.23. The van der Waals surface area contributed by atoms with Crippen molar-refractivity contribution in [2.75, 3.05) is 11.9 Å². The topological polar surface area (TPSA) is 34.0 Å². The number of fused-ring (bicyclic) bond motifs is 1. The maximum atomic E-state index is 12.9. The normalized spacial score (nSPS) is 12.1. The highest BCUT2D eigenvalue weighted by atomic mass is 19.3. The molecule has 0 unspecified atom stereocenters. The number of nitrogens with one attached hydrogen (secondary N) is 1. The number of nitrogens with zero attached hydrogens (tertiary/aromatic N) is 1. The summed E-state index contributed by atoms with van der Waals surface area (Å²) < 4.78 is 51.4. The molecule has 1 heterocycles. The summed E-state index contributed by atoms with van der Waals surface area (Å²) >= 11 is 0. The summed E-state index contributed by atoms with van der Waals surface area (Å²) in [6, 6.07) is 7.75.